The molecule has 1 aromatic heterocycles. The molecule has 2 fully saturated rings. The molecule has 1 saturated carbocycles. The molecule has 0 radical (unpaired) electrons. The molecule has 1 saturated heterocycles. The lowest BCUT2D eigenvalue weighted by molar-refractivity contribution is 0.133. The quantitative estimate of drug-likeness (QED) is 0.560. The van der Waals surface area contributed by atoms with Gasteiger partial charge in [-0.2, -0.15) is 0 Å². The summed E-state index contributed by atoms with van der Waals surface area (Å²) in [4.78, 5) is 11.3. The molecule has 4 N–H and O–H groups in total. The Balaban J connectivity index is 1.81. The van der Waals surface area contributed by atoms with E-state index >= 15 is 0 Å². The second-order valence-corrected chi connectivity index (χ2v) is 5.90. The molecule has 0 aromatic carbocycles. The fraction of sp³-hybridized carbons (Fsp3) is 0.714. The molecule has 20 heavy (non-hydrogen) atoms. The van der Waals surface area contributed by atoms with E-state index < -0.39 is 0 Å². The van der Waals surface area contributed by atoms with Crippen molar-refractivity contribution in [1.82, 2.24) is 9.97 Å². The highest BCUT2D eigenvalue weighted by Crippen LogP contribution is 2.39. The minimum absolute atomic E-state index is 0.144. The average molecular weight is 277 g/mol. The van der Waals surface area contributed by atoms with E-state index in [0.29, 0.717) is 17.7 Å². The van der Waals surface area contributed by atoms with Crippen molar-refractivity contribution in [3.8, 4) is 0 Å². The highest BCUT2D eigenvalue weighted by molar-refractivity contribution is 5.50. The molecule has 3 rings (SSSR count). The van der Waals surface area contributed by atoms with Crippen LogP contribution in [0.25, 0.3) is 0 Å². The summed E-state index contributed by atoms with van der Waals surface area (Å²) in [6.07, 6.45) is 3.79. The number of nitrogen functional groups attached to an aromatic ring is 1. The van der Waals surface area contributed by atoms with Crippen LogP contribution in [0.15, 0.2) is 6.07 Å². The van der Waals surface area contributed by atoms with Gasteiger partial charge in [-0.05, 0) is 25.2 Å². The average Bonchev–Trinajstić information content (AvgIpc) is 3.01. The minimum Gasteiger partial charge on any atom is -0.393 e. The molecule has 0 bridgehead atoms. The monoisotopic (exact) mass is 277 g/mol. The lowest BCUT2D eigenvalue weighted by atomic mass is 10.00. The topological polar surface area (TPSA) is 87.3 Å². The van der Waals surface area contributed by atoms with Crippen molar-refractivity contribution in [2.45, 2.75) is 38.7 Å². The van der Waals surface area contributed by atoms with Gasteiger partial charge < -0.3 is 15.4 Å². The van der Waals surface area contributed by atoms with E-state index in [-0.39, 0.29) is 6.10 Å². The smallest absolute Gasteiger partial charge is 0.145 e. The maximum atomic E-state index is 10.0. The first-order valence-corrected chi connectivity index (χ1v) is 7.49. The van der Waals surface area contributed by atoms with Crippen LogP contribution < -0.4 is 16.2 Å². The number of hydrazine groups is 1. The molecule has 1 aromatic rings. The van der Waals surface area contributed by atoms with Gasteiger partial charge in [-0.1, -0.05) is 6.92 Å². The molecule has 6 heteroatoms. The van der Waals surface area contributed by atoms with Crippen LogP contribution in [0, 0.1) is 11.8 Å². The maximum Gasteiger partial charge on any atom is 0.145 e. The van der Waals surface area contributed by atoms with Gasteiger partial charge in [0.15, 0.2) is 0 Å². The van der Waals surface area contributed by atoms with Crippen LogP contribution in [0.2, 0.25) is 0 Å². The van der Waals surface area contributed by atoms with E-state index in [9.17, 15) is 5.11 Å². The van der Waals surface area contributed by atoms with Crippen molar-refractivity contribution in [3.05, 3.63) is 11.9 Å². The van der Waals surface area contributed by atoms with Crippen LogP contribution in [0.5, 0.6) is 0 Å². The van der Waals surface area contributed by atoms with E-state index in [1.807, 2.05) is 6.07 Å². The fourth-order valence-corrected chi connectivity index (χ4v) is 3.48. The predicted molar refractivity (Wildman–Crippen MR) is 78.3 cm³/mol. The Hall–Kier alpha value is -1.40. The normalized spacial score (nSPS) is 28.8. The third-order valence-electron chi connectivity index (χ3n) is 4.52. The Morgan fingerprint density at radius 2 is 2.25 bits per heavy atom. The zero-order valence-corrected chi connectivity index (χ0v) is 11.9. The number of aromatic nitrogens is 2. The number of hydrogen-bond acceptors (Lipinski definition) is 6. The van der Waals surface area contributed by atoms with Crippen LogP contribution in [0.4, 0.5) is 11.6 Å². The van der Waals surface area contributed by atoms with Gasteiger partial charge in [0.2, 0.25) is 0 Å². The third kappa shape index (κ3) is 2.45. The van der Waals surface area contributed by atoms with Crippen molar-refractivity contribution in [2.24, 2.45) is 17.7 Å². The first-order chi connectivity index (χ1) is 9.71. The van der Waals surface area contributed by atoms with Crippen molar-refractivity contribution in [3.63, 3.8) is 0 Å². The summed E-state index contributed by atoms with van der Waals surface area (Å²) in [5.74, 6) is 8.92. The van der Waals surface area contributed by atoms with Gasteiger partial charge in [-0.3, -0.25) is 0 Å². The number of nitrogens with one attached hydrogen (secondary N) is 1. The summed E-state index contributed by atoms with van der Waals surface area (Å²) in [5, 5.41) is 10.0. The van der Waals surface area contributed by atoms with E-state index in [0.717, 1.165) is 50.4 Å². The third-order valence-corrected chi connectivity index (χ3v) is 4.52. The van der Waals surface area contributed by atoms with E-state index in [4.69, 9.17) is 5.84 Å². The molecule has 2 heterocycles. The van der Waals surface area contributed by atoms with Crippen LogP contribution in [0.3, 0.4) is 0 Å². The number of hydrogen-bond donors (Lipinski definition) is 3. The number of fused-ring (bicyclic) bond motifs is 1. The maximum absolute atomic E-state index is 10.0. The molecule has 1 aliphatic carbocycles. The lowest BCUT2D eigenvalue weighted by Crippen LogP contribution is -2.26. The Bertz CT molecular complexity index is 481. The standard InChI is InChI=1S/C14H23N5O/c1-2-3-12-16-13(18-15)6-14(17-12)19-7-9-4-5-11(20)10(9)8-19/h6,9-11,20H,2-5,7-8,15H2,1H3,(H,16,17,18). The molecular formula is C14H23N5O. The zero-order valence-electron chi connectivity index (χ0n) is 11.9. The molecule has 1 aliphatic heterocycles. The van der Waals surface area contributed by atoms with Crippen molar-refractivity contribution >= 4 is 11.6 Å². The first-order valence-electron chi connectivity index (χ1n) is 7.49. The van der Waals surface area contributed by atoms with E-state index in [1.165, 1.54) is 0 Å². The number of rotatable bonds is 4. The number of aliphatic hydroxyl groups excluding tert-OH is 1. The second-order valence-electron chi connectivity index (χ2n) is 5.90. The van der Waals surface area contributed by atoms with Gasteiger partial charge >= 0.3 is 0 Å². The van der Waals surface area contributed by atoms with Gasteiger partial charge in [0.05, 0.1) is 6.10 Å². The summed E-state index contributed by atoms with van der Waals surface area (Å²) >= 11 is 0. The van der Waals surface area contributed by atoms with Crippen molar-refractivity contribution in [2.75, 3.05) is 23.4 Å². The summed E-state index contributed by atoms with van der Waals surface area (Å²) in [6, 6.07) is 1.90. The number of aryl methyl sites for hydroxylation is 1. The molecule has 2 aliphatic rings. The van der Waals surface area contributed by atoms with Gasteiger partial charge in [-0.25, -0.2) is 15.8 Å². The Morgan fingerprint density at radius 1 is 1.40 bits per heavy atom. The summed E-state index contributed by atoms with van der Waals surface area (Å²) in [5.41, 5.74) is 2.62. The van der Waals surface area contributed by atoms with Gasteiger partial charge in [-0.15, -0.1) is 0 Å². The zero-order chi connectivity index (χ0) is 14.1. The molecule has 0 spiro atoms. The van der Waals surface area contributed by atoms with Crippen LogP contribution in [0.1, 0.15) is 32.0 Å². The van der Waals surface area contributed by atoms with E-state index in [2.05, 4.69) is 27.2 Å². The van der Waals surface area contributed by atoms with Crippen LogP contribution in [-0.4, -0.2) is 34.3 Å². The van der Waals surface area contributed by atoms with Gasteiger partial charge in [0.25, 0.3) is 0 Å². The summed E-state index contributed by atoms with van der Waals surface area (Å²) in [6.45, 7) is 3.98. The number of aliphatic hydroxyl groups is 1. The number of anilines is 2. The molecule has 3 unspecified atom stereocenters. The number of nitrogens with two attached hydrogens (primary N) is 1. The summed E-state index contributed by atoms with van der Waals surface area (Å²) in [7, 11) is 0. The second kappa shape index (κ2) is 5.54. The van der Waals surface area contributed by atoms with E-state index in [1.54, 1.807) is 0 Å². The SMILES string of the molecule is CCCc1nc(NN)cc(N2CC3CCC(O)C3C2)n1. The fourth-order valence-electron chi connectivity index (χ4n) is 3.48. The van der Waals surface area contributed by atoms with Crippen molar-refractivity contribution < 1.29 is 5.11 Å². The summed E-state index contributed by atoms with van der Waals surface area (Å²) < 4.78 is 0. The highest BCUT2D eigenvalue weighted by atomic mass is 16.3. The Morgan fingerprint density at radius 3 is 2.95 bits per heavy atom. The highest BCUT2D eigenvalue weighted by Gasteiger charge is 2.42. The molecule has 110 valence electrons. The number of nitrogens with zero attached hydrogens (tertiary/aromatic N) is 3. The van der Waals surface area contributed by atoms with Crippen LogP contribution >= 0.6 is 0 Å². The predicted octanol–water partition coefficient (Wildman–Crippen LogP) is 0.922. The van der Waals surface area contributed by atoms with Crippen molar-refractivity contribution in [1.29, 1.82) is 0 Å². The lowest BCUT2D eigenvalue weighted by Gasteiger charge is -2.20. The van der Waals surface area contributed by atoms with Gasteiger partial charge in [0, 0.05) is 31.5 Å². The first kappa shape index (κ1) is 13.6. The minimum atomic E-state index is -0.144. The Labute approximate surface area is 119 Å². The molecule has 0 amide bonds. The molecule has 6 nitrogen and oxygen atoms in total. The molecule has 3 atom stereocenters. The Kier molecular flexibility index (Phi) is 3.76. The van der Waals surface area contributed by atoms with Crippen LogP contribution in [-0.2, 0) is 6.42 Å². The largest absolute Gasteiger partial charge is 0.393 e. The molecular weight excluding hydrogens is 254 g/mol. The van der Waals surface area contributed by atoms with Gasteiger partial charge in [0.1, 0.15) is 17.5 Å².